The van der Waals surface area contributed by atoms with Crippen molar-refractivity contribution in [2.24, 2.45) is 7.05 Å². The molecule has 1 aliphatic heterocycles. The number of benzene rings is 2. The lowest BCUT2D eigenvalue weighted by Gasteiger charge is -2.19. The lowest BCUT2D eigenvalue weighted by atomic mass is 10.2. The third-order valence-corrected chi connectivity index (χ3v) is 4.19. The van der Waals surface area contributed by atoms with Crippen LogP contribution < -0.4 is 26.0 Å². The first-order valence-corrected chi connectivity index (χ1v) is 8.51. The van der Waals surface area contributed by atoms with Gasteiger partial charge < -0.3 is 14.8 Å². The van der Waals surface area contributed by atoms with Crippen molar-refractivity contribution in [1.82, 2.24) is 14.3 Å². The molecule has 0 spiro atoms. The molecule has 142 valence electrons. The van der Waals surface area contributed by atoms with Gasteiger partial charge in [0.1, 0.15) is 13.2 Å². The predicted molar refractivity (Wildman–Crippen MR) is 100 cm³/mol. The number of fused-ring (bicyclic) bond motifs is 1. The molecule has 28 heavy (non-hydrogen) atoms. The summed E-state index contributed by atoms with van der Waals surface area (Å²) in [7, 11) is 1.30. The summed E-state index contributed by atoms with van der Waals surface area (Å²) in [6, 6.07) is 13.4. The van der Waals surface area contributed by atoms with Crippen LogP contribution in [0.25, 0.3) is 5.69 Å². The highest BCUT2D eigenvalue weighted by molar-refractivity contribution is 6.02. The van der Waals surface area contributed by atoms with Gasteiger partial charge in [-0.1, -0.05) is 18.2 Å². The van der Waals surface area contributed by atoms with E-state index in [2.05, 4.69) is 10.4 Å². The predicted octanol–water partition coefficient (Wildman–Crippen LogP) is 0.955. The molecule has 0 atom stereocenters. The summed E-state index contributed by atoms with van der Waals surface area (Å²) < 4.78 is 12.8. The summed E-state index contributed by atoms with van der Waals surface area (Å²) in [6.45, 7) is 0.869. The van der Waals surface area contributed by atoms with E-state index in [-0.39, 0.29) is 0 Å². The Kier molecular flexibility index (Phi) is 4.40. The Hall–Kier alpha value is -3.88. The zero-order chi connectivity index (χ0) is 19.7. The van der Waals surface area contributed by atoms with Crippen molar-refractivity contribution < 1.29 is 14.3 Å². The molecular weight excluding hydrogens is 364 g/mol. The number of hydrogen-bond acceptors (Lipinski definition) is 6. The minimum atomic E-state index is -0.785. The second-order valence-electron chi connectivity index (χ2n) is 6.06. The van der Waals surface area contributed by atoms with Crippen LogP contribution in [0.15, 0.2) is 58.1 Å². The van der Waals surface area contributed by atoms with Gasteiger partial charge in [0.2, 0.25) is 5.69 Å². The summed E-state index contributed by atoms with van der Waals surface area (Å²) >= 11 is 0. The quantitative estimate of drug-likeness (QED) is 0.726. The van der Waals surface area contributed by atoms with Crippen molar-refractivity contribution in [3.8, 4) is 17.2 Å². The molecule has 1 N–H and O–H groups in total. The molecule has 9 heteroatoms. The summed E-state index contributed by atoms with van der Waals surface area (Å²) in [5, 5.41) is 6.60. The second kappa shape index (κ2) is 7.03. The molecule has 0 saturated heterocycles. The normalized spacial score (nSPS) is 12.5. The van der Waals surface area contributed by atoms with Crippen LogP contribution in [0, 0.1) is 0 Å². The number of rotatable bonds is 3. The second-order valence-corrected chi connectivity index (χ2v) is 6.06. The molecule has 2 aromatic carbocycles. The first kappa shape index (κ1) is 17.5. The SMILES string of the molecule is Cn1c(=O)c(C(=O)Nc2ccc3c(c2)OCCO3)nn(-c2ccccc2)c1=O. The Morgan fingerprint density at radius 1 is 1.04 bits per heavy atom. The van der Waals surface area contributed by atoms with Crippen molar-refractivity contribution in [1.29, 1.82) is 0 Å². The van der Waals surface area contributed by atoms with E-state index in [1.54, 1.807) is 48.5 Å². The number of nitrogens with zero attached hydrogens (tertiary/aromatic N) is 3. The van der Waals surface area contributed by atoms with Gasteiger partial charge in [-0.3, -0.25) is 14.2 Å². The number of anilines is 1. The van der Waals surface area contributed by atoms with E-state index in [4.69, 9.17) is 9.47 Å². The van der Waals surface area contributed by atoms with E-state index in [0.717, 1.165) is 9.25 Å². The molecule has 1 aromatic heterocycles. The van der Waals surface area contributed by atoms with Crippen LogP contribution in [-0.4, -0.2) is 33.5 Å². The van der Waals surface area contributed by atoms with Crippen LogP contribution in [0.4, 0.5) is 5.69 Å². The Morgan fingerprint density at radius 2 is 1.75 bits per heavy atom. The first-order valence-electron chi connectivity index (χ1n) is 8.51. The Labute approximate surface area is 158 Å². The molecule has 0 unspecified atom stereocenters. The maximum Gasteiger partial charge on any atom is 0.351 e. The Bertz CT molecular complexity index is 1170. The highest BCUT2D eigenvalue weighted by Gasteiger charge is 2.20. The fourth-order valence-corrected chi connectivity index (χ4v) is 2.76. The van der Waals surface area contributed by atoms with Gasteiger partial charge in [0.05, 0.1) is 5.69 Å². The highest BCUT2D eigenvalue weighted by Crippen LogP contribution is 2.32. The van der Waals surface area contributed by atoms with Gasteiger partial charge in [-0.2, -0.15) is 9.78 Å². The molecule has 0 radical (unpaired) electrons. The van der Waals surface area contributed by atoms with E-state index in [9.17, 15) is 14.4 Å². The molecule has 4 rings (SSSR count). The Balaban J connectivity index is 1.71. The average molecular weight is 380 g/mol. The van der Waals surface area contributed by atoms with Crippen molar-refractivity contribution in [2.75, 3.05) is 18.5 Å². The number of amides is 1. The van der Waals surface area contributed by atoms with Gasteiger partial charge in [-0.25, -0.2) is 4.79 Å². The van der Waals surface area contributed by atoms with Crippen molar-refractivity contribution in [3.05, 3.63) is 75.1 Å². The number of carbonyl (C=O) groups excluding carboxylic acids is 1. The van der Waals surface area contributed by atoms with Gasteiger partial charge in [-0.05, 0) is 24.3 Å². The minimum absolute atomic E-state index is 0.402. The molecule has 1 amide bonds. The zero-order valence-corrected chi connectivity index (χ0v) is 14.9. The summed E-state index contributed by atoms with van der Waals surface area (Å²) in [5.74, 6) is 0.344. The molecule has 2 heterocycles. The molecule has 0 saturated carbocycles. The summed E-state index contributed by atoms with van der Waals surface area (Å²) in [6.07, 6.45) is 0. The molecule has 1 aliphatic rings. The summed E-state index contributed by atoms with van der Waals surface area (Å²) in [5.41, 5.74) is -0.979. The topological polar surface area (TPSA) is 104 Å². The van der Waals surface area contributed by atoms with Crippen LogP contribution in [0.2, 0.25) is 0 Å². The highest BCUT2D eigenvalue weighted by atomic mass is 16.6. The largest absolute Gasteiger partial charge is 0.486 e. The van der Waals surface area contributed by atoms with Gasteiger partial charge >= 0.3 is 5.69 Å². The van der Waals surface area contributed by atoms with E-state index in [1.165, 1.54) is 7.05 Å². The number of para-hydroxylation sites is 1. The molecule has 0 bridgehead atoms. The van der Waals surface area contributed by atoms with Crippen LogP contribution >= 0.6 is 0 Å². The van der Waals surface area contributed by atoms with Gasteiger partial charge in [-0.15, -0.1) is 0 Å². The lowest BCUT2D eigenvalue weighted by Crippen LogP contribution is -2.43. The molecule has 0 aliphatic carbocycles. The third kappa shape index (κ3) is 3.13. The fraction of sp³-hybridized carbons (Fsp3) is 0.158. The number of hydrogen-bond donors (Lipinski definition) is 1. The van der Waals surface area contributed by atoms with Gasteiger partial charge in [0.25, 0.3) is 11.5 Å². The van der Waals surface area contributed by atoms with Crippen LogP contribution in [0.5, 0.6) is 11.5 Å². The van der Waals surface area contributed by atoms with E-state index in [1.807, 2.05) is 0 Å². The zero-order valence-electron chi connectivity index (χ0n) is 14.9. The number of aromatic nitrogens is 3. The van der Waals surface area contributed by atoms with E-state index in [0.29, 0.717) is 36.1 Å². The molecule has 3 aromatic rings. The van der Waals surface area contributed by atoms with Gasteiger partial charge in [0.15, 0.2) is 11.5 Å². The van der Waals surface area contributed by atoms with Crippen LogP contribution in [0.3, 0.4) is 0 Å². The molecule has 0 fully saturated rings. The monoisotopic (exact) mass is 380 g/mol. The lowest BCUT2D eigenvalue weighted by molar-refractivity contribution is 0.101. The first-order chi connectivity index (χ1) is 13.5. The van der Waals surface area contributed by atoms with E-state index < -0.39 is 22.9 Å². The smallest absolute Gasteiger partial charge is 0.351 e. The van der Waals surface area contributed by atoms with Crippen molar-refractivity contribution in [3.63, 3.8) is 0 Å². The van der Waals surface area contributed by atoms with Crippen molar-refractivity contribution >= 4 is 11.6 Å². The van der Waals surface area contributed by atoms with Crippen LogP contribution in [-0.2, 0) is 7.05 Å². The van der Waals surface area contributed by atoms with Crippen LogP contribution in [0.1, 0.15) is 10.5 Å². The standard InChI is InChI=1S/C19H16N4O5/c1-22-18(25)16(21-23(19(22)26)13-5-3-2-4-6-13)17(24)20-12-7-8-14-15(11-12)28-10-9-27-14/h2-8,11H,9-10H2,1H3,(H,20,24). The van der Waals surface area contributed by atoms with Gasteiger partial charge in [0, 0.05) is 18.8 Å². The molecular formula is C19H16N4O5. The minimum Gasteiger partial charge on any atom is -0.486 e. The van der Waals surface area contributed by atoms with Crippen molar-refractivity contribution in [2.45, 2.75) is 0 Å². The molecule has 9 nitrogen and oxygen atoms in total. The summed E-state index contributed by atoms with van der Waals surface area (Å²) in [4.78, 5) is 37.5. The number of ether oxygens (including phenoxy) is 2. The Morgan fingerprint density at radius 3 is 2.50 bits per heavy atom. The fourth-order valence-electron chi connectivity index (χ4n) is 2.76. The average Bonchev–Trinajstić information content (AvgIpc) is 2.72. The maximum atomic E-state index is 12.7. The maximum absolute atomic E-state index is 12.7. The van der Waals surface area contributed by atoms with E-state index >= 15 is 0 Å². The third-order valence-electron chi connectivity index (χ3n) is 4.19. The number of carbonyl (C=O) groups is 1. The number of nitrogens with one attached hydrogen (secondary N) is 1.